The van der Waals surface area contributed by atoms with Crippen molar-refractivity contribution in [3.05, 3.63) is 11.9 Å². The molecule has 0 aliphatic carbocycles. The van der Waals surface area contributed by atoms with E-state index in [1.54, 1.807) is 0 Å². The molecular formula is C20H36N4O4. The van der Waals surface area contributed by atoms with Gasteiger partial charge >= 0.3 is 5.97 Å². The van der Waals surface area contributed by atoms with E-state index in [-0.39, 0.29) is 36.2 Å². The Bertz CT molecular complexity index is 659. The molecule has 0 atom stereocenters. The van der Waals surface area contributed by atoms with Crippen LogP contribution >= 0.6 is 0 Å². The molecule has 0 bridgehead atoms. The number of rotatable bonds is 11. The van der Waals surface area contributed by atoms with Crippen LogP contribution in [0.15, 0.2) is 6.20 Å². The Morgan fingerprint density at radius 1 is 1.18 bits per heavy atom. The zero-order chi connectivity index (χ0) is 21.6. The third-order valence-electron chi connectivity index (χ3n) is 4.33. The minimum absolute atomic E-state index is 0.0870. The predicted octanol–water partition coefficient (Wildman–Crippen LogP) is 2.77. The molecule has 0 spiro atoms. The first-order chi connectivity index (χ1) is 12.7. The van der Waals surface area contributed by atoms with Crippen LogP contribution in [-0.4, -0.2) is 50.7 Å². The van der Waals surface area contributed by atoms with Crippen molar-refractivity contribution in [2.45, 2.75) is 85.3 Å². The number of amides is 1. The number of hydrogen-bond donors (Lipinski definition) is 2. The summed E-state index contributed by atoms with van der Waals surface area (Å²) in [6.45, 7) is 15.0. The summed E-state index contributed by atoms with van der Waals surface area (Å²) in [4.78, 5) is 22.4. The standard InChI is InChI=1S/C20H36N4O4/c1-18(2,3)12-15-14-24(23-22-15)19(4,5)9-11-28-20(6,7)13-16(25)21-10-8-17(26)27/h14H,8-13H2,1-7H3,(H,21,25)(H,26,27). The van der Waals surface area contributed by atoms with E-state index in [2.05, 4.69) is 50.2 Å². The number of carbonyl (C=O) groups is 2. The molecule has 0 radical (unpaired) electrons. The maximum atomic E-state index is 11.9. The lowest BCUT2D eigenvalue weighted by Gasteiger charge is -2.29. The first-order valence-electron chi connectivity index (χ1n) is 9.74. The van der Waals surface area contributed by atoms with Crippen LogP contribution < -0.4 is 5.32 Å². The number of carboxylic acid groups (broad SMARTS) is 1. The smallest absolute Gasteiger partial charge is 0.305 e. The minimum Gasteiger partial charge on any atom is -0.481 e. The number of aromatic nitrogens is 3. The summed E-state index contributed by atoms with van der Waals surface area (Å²) in [6.07, 6.45) is 3.66. The molecule has 0 fully saturated rings. The lowest BCUT2D eigenvalue weighted by atomic mass is 9.91. The van der Waals surface area contributed by atoms with Crippen molar-refractivity contribution in [3.63, 3.8) is 0 Å². The van der Waals surface area contributed by atoms with Crippen LogP contribution in [0.5, 0.6) is 0 Å². The van der Waals surface area contributed by atoms with E-state index >= 15 is 0 Å². The van der Waals surface area contributed by atoms with Gasteiger partial charge in [-0.2, -0.15) is 0 Å². The van der Waals surface area contributed by atoms with Gasteiger partial charge in [-0.15, -0.1) is 5.10 Å². The molecule has 0 saturated carbocycles. The van der Waals surface area contributed by atoms with Crippen LogP contribution in [0, 0.1) is 5.41 Å². The SMILES string of the molecule is CC(C)(C)Cc1cn(C(C)(C)CCOC(C)(C)CC(=O)NCCC(=O)O)nn1. The van der Waals surface area contributed by atoms with Crippen molar-refractivity contribution in [1.29, 1.82) is 0 Å². The van der Waals surface area contributed by atoms with Gasteiger partial charge in [-0.25, -0.2) is 4.68 Å². The van der Waals surface area contributed by atoms with E-state index in [4.69, 9.17) is 9.84 Å². The fourth-order valence-corrected chi connectivity index (χ4v) is 2.72. The van der Waals surface area contributed by atoms with E-state index in [0.717, 1.165) is 18.5 Å². The highest BCUT2D eigenvalue weighted by Gasteiger charge is 2.27. The summed E-state index contributed by atoms with van der Waals surface area (Å²) >= 11 is 0. The topological polar surface area (TPSA) is 106 Å². The molecule has 1 rings (SSSR count). The molecule has 160 valence electrons. The molecule has 0 aromatic carbocycles. The van der Waals surface area contributed by atoms with Crippen LogP contribution in [0.3, 0.4) is 0 Å². The monoisotopic (exact) mass is 396 g/mol. The van der Waals surface area contributed by atoms with Crippen molar-refractivity contribution in [3.8, 4) is 0 Å². The van der Waals surface area contributed by atoms with Gasteiger partial charge in [-0.1, -0.05) is 26.0 Å². The second-order valence-corrected chi connectivity index (χ2v) is 9.73. The Morgan fingerprint density at radius 3 is 2.39 bits per heavy atom. The summed E-state index contributed by atoms with van der Waals surface area (Å²) in [5.74, 6) is -1.15. The van der Waals surface area contributed by atoms with Crippen molar-refractivity contribution in [2.24, 2.45) is 5.41 Å². The molecule has 1 amide bonds. The molecule has 28 heavy (non-hydrogen) atoms. The summed E-state index contributed by atoms with van der Waals surface area (Å²) in [6, 6.07) is 0. The molecule has 1 aromatic rings. The summed E-state index contributed by atoms with van der Waals surface area (Å²) < 4.78 is 7.81. The number of carbonyl (C=O) groups excluding carboxylic acids is 1. The number of nitrogens with zero attached hydrogens (tertiary/aromatic N) is 3. The summed E-state index contributed by atoms with van der Waals surface area (Å²) in [5, 5.41) is 19.8. The fourth-order valence-electron chi connectivity index (χ4n) is 2.72. The van der Waals surface area contributed by atoms with E-state index in [1.165, 1.54) is 0 Å². The Hall–Kier alpha value is -1.96. The second kappa shape index (κ2) is 9.49. The minimum atomic E-state index is -0.934. The van der Waals surface area contributed by atoms with Crippen LogP contribution in [-0.2, 0) is 26.3 Å². The van der Waals surface area contributed by atoms with E-state index in [0.29, 0.717) is 6.61 Å². The van der Waals surface area contributed by atoms with Gasteiger partial charge in [-0.05, 0) is 46.0 Å². The van der Waals surface area contributed by atoms with Gasteiger partial charge in [0, 0.05) is 19.3 Å². The number of aliphatic carboxylic acids is 1. The van der Waals surface area contributed by atoms with E-state index in [9.17, 15) is 9.59 Å². The molecule has 0 saturated heterocycles. The Balaban J connectivity index is 2.49. The third kappa shape index (κ3) is 9.30. The van der Waals surface area contributed by atoms with Gasteiger partial charge in [0.15, 0.2) is 0 Å². The van der Waals surface area contributed by atoms with Gasteiger partial charge in [0.1, 0.15) is 0 Å². The van der Waals surface area contributed by atoms with Crippen molar-refractivity contribution < 1.29 is 19.4 Å². The number of hydrogen-bond acceptors (Lipinski definition) is 5. The average Bonchev–Trinajstić information content (AvgIpc) is 2.92. The maximum Gasteiger partial charge on any atom is 0.305 e. The normalized spacial score (nSPS) is 12.8. The van der Waals surface area contributed by atoms with Crippen LogP contribution in [0.1, 0.15) is 73.4 Å². The van der Waals surface area contributed by atoms with Crippen LogP contribution in [0.4, 0.5) is 0 Å². The van der Waals surface area contributed by atoms with Crippen LogP contribution in [0.25, 0.3) is 0 Å². The average molecular weight is 397 g/mol. The van der Waals surface area contributed by atoms with Gasteiger partial charge < -0.3 is 15.2 Å². The van der Waals surface area contributed by atoms with Crippen molar-refractivity contribution in [1.82, 2.24) is 20.3 Å². The van der Waals surface area contributed by atoms with Crippen LogP contribution in [0.2, 0.25) is 0 Å². The molecule has 8 nitrogen and oxygen atoms in total. The zero-order valence-corrected chi connectivity index (χ0v) is 18.3. The number of ether oxygens (including phenoxy) is 1. The lowest BCUT2D eigenvalue weighted by molar-refractivity contribution is -0.137. The van der Waals surface area contributed by atoms with Crippen molar-refractivity contribution >= 4 is 11.9 Å². The Morgan fingerprint density at radius 2 is 1.82 bits per heavy atom. The summed E-state index contributed by atoms with van der Waals surface area (Å²) in [5.41, 5.74) is 0.231. The third-order valence-corrected chi connectivity index (χ3v) is 4.33. The summed E-state index contributed by atoms with van der Waals surface area (Å²) in [7, 11) is 0. The predicted molar refractivity (Wildman–Crippen MR) is 107 cm³/mol. The molecular weight excluding hydrogens is 360 g/mol. The lowest BCUT2D eigenvalue weighted by Crippen LogP contribution is -2.37. The van der Waals surface area contributed by atoms with E-state index in [1.807, 2.05) is 24.7 Å². The van der Waals surface area contributed by atoms with Gasteiger partial charge in [-0.3, -0.25) is 9.59 Å². The molecule has 8 heteroatoms. The van der Waals surface area contributed by atoms with Gasteiger partial charge in [0.05, 0.1) is 29.7 Å². The first-order valence-corrected chi connectivity index (χ1v) is 9.74. The molecule has 2 N–H and O–H groups in total. The van der Waals surface area contributed by atoms with Crippen molar-refractivity contribution in [2.75, 3.05) is 13.2 Å². The second-order valence-electron chi connectivity index (χ2n) is 9.73. The number of nitrogens with one attached hydrogen (secondary N) is 1. The van der Waals surface area contributed by atoms with Gasteiger partial charge in [0.25, 0.3) is 0 Å². The maximum absolute atomic E-state index is 11.9. The highest BCUT2D eigenvalue weighted by Crippen LogP contribution is 2.24. The molecule has 1 heterocycles. The molecule has 1 aromatic heterocycles. The van der Waals surface area contributed by atoms with Gasteiger partial charge in [0.2, 0.25) is 5.91 Å². The molecule has 0 unspecified atom stereocenters. The van der Waals surface area contributed by atoms with E-state index < -0.39 is 11.6 Å². The molecule has 0 aliphatic heterocycles. The highest BCUT2D eigenvalue weighted by molar-refractivity contribution is 5.77. The first kappa shape index (κ1) is 24.1. The quantitative estimate of drug-likeness (QED) is 0.596. The number of carboxylic acids is 1. The largest absolute Gasteiger partial charge is 0.481 e. The highest BCUT2D eigenvalue weighted by atomic mass is 16.5. The Labute approximate surface area is 168 Å². The molecule has 0 aliphatic rings. The fraction of sp³-hybridized carbons (Fsp3) is 0.800. The zero-order valence-electron chi connectivity index (χ0n) is 18.3. The Kier molecular flexibility index (Phi) is 8.16.